The zero-order chi connectivity index (χ0) is 11.9. The van der Waals surface area contributed by atoms with Crippen LogP contribution in [0, 0.1) is 5.92 Å². The summed E-state index contributed by atoms with van der Waals surface area (Å²) < 4.78 is 23.8. The zero-order valence-electron chi connectivity index (χ0n) is 9.33. The van der Waals surface area contributed by atoms with Crippen LogP contribution in [0.25, 0.3) is 0 Å². The maximum Gasteiger partial charge on any atom is 0.208 e. The minimum Gasteiger partial charge on any atom is -0.362 e. The molecule has 0 aliphatic rings. The van der Waals surface area contributed by atoms with Gasteiger partial charge in [0.1, 0.15) is 0 Å². The first kappa shape index (κ1) is 14.6. The van der Waals surface area contributed by atoms with Gasteiger partial charge in [-0.1, -0.05) is 13.8 Å². The van der Waals surface area contributed by atoms with Crippen LogP contribution >= 0.6 is 12.2 Å². The average Bonchev–Trinajstić information content (AvgIpc) is 2.07. The van der Waals surface area contributed by atoms with Crippen LogP contribution in [0.4, 0.5) is 0 Å². The van der Waals surface area contributed by atoms with E-state index in [1.54, 1.807) is 0 Å². The highest BCUT2D eigenvalue weighted by Gasteiger charge is 2.00. The Morgan fingerprint density at radius 2 is 1.87 bits per heavy atom. The first-order valence-corrected chi connectivity index (χ1v) is 7.07. The maximum atomic E-state index is 10.7. The SMILES string of the molecule is CC(C)CNC(=S)NCCNS(C)(=O)=O. The molecule has 7 heteroatoms. The topological polar surface area (TPSA) is 70.2 Å². The molecule has 15 heavy (non-hydrogen) atoms. The third-order valence-electron chi connectivity index (χ3n) is 1.45. The van der Waals surface area contributed by atoms with E-state index in [2.05, 4.69) is 29.2 Å². The number of sulfonamides is 1. The van der Waals surface area contributed by atoms with Gasteiger partial charge in [-0.15, -0.1) is 0 Å². The van der Waals surface area contributed by atoms with Crippen molar-refractivity contribution in [2.24, 2.45) is 5.92 Å². The van der Waals surface area contributed by atoms with E-state index in [0.29, 0.717) is 24.1 Å². The molecule has 0 spiro atoms. The Labute approximate surface area is 97.1 Å². The second-order valence-corrected chi connectivity index (χ2v) is 5.94. The van der Waals surface area contributed by atoms with Crippen LogP contribution in [0.1, 0.15) is 13.8 Å². The molecule has 0 radical (unpaired) electrons. The molecule has 0 saturated carbocycles. The van der Waals surface area contributed by atoms with Crippen LogP contribution in [0.15, 0.2) is 0 Å². The van der Waals surface area contributed by atoms with Crippen LogP contribution in [0.3, 0.4) is 0 Å². The van der Waals surface area contributed by atoms with Crippen molar-refractivity contribution in [3.63, 3.8) is 0 Å². The van der Waals surface area contributed by atoms with Crippen molar-refractivity contribution < 1.29 is 8.42 Å². The van der Waals surface area contributed by atoms with Crippen LogP contribution in [-0.2, 0) is 10.0 Å². The highest BCUT2D eigenvalue weighted by molar-refractivity contribution is 7.88. The standard InChI is InChI=1S/C8H19N3O2S2/c1-7(2)6-10-8(14)9-4-5-11-15(3,12)13/h7,11H,4-6H2,1-3H3,(H2,9,10,14). The van der Waals surface area contributed by atoms with E-state index in [4.69, 9.17) is 12.2 Å². The molecule has 0 unspecified atom stereocenters. The van der Waals surface area contributed by atoms with Gasteiger partial charge in [-0.05, 0) is 18.1 Å². The summed E-state index contributed by atoms with van der Waals surface area (Å²) in [7, 11) is -3.10. The van der Waals surface area contributed by atoms with Crippen molar-refractivity contribution in [3.8, 4) is 0 Å². The molecular formula is C8H19N3O2S2. The fourth-order valence-electron chi connectivity index (χ4n) is 0.772. The Morgan fingerprint density at radius 1 is 1.27 bits per heavy atom. The second kappa shape index (κ2) is 6.97. The van der Waals surface area contributed by atoms with Crippen molar-refractivity contribution in [3.05, 3.63) is 0 Å². The van der Waals surface area contributed by atoms with Gasteiger partial charge in [0.05, 0.1) is 6.26 Å². The first-order chi connectivity index (χ1) is 6.81. The summed E-state index contributed by atoms with van der Waals surface area (Å²) in [5.41, 5.74) is 0. The minimum absolute atomic E-state index is 0.336. The summed E-state index contributed by atoms with van der Waals surface area (Å²) >= 11 is 4.98. The van der Waals surface area contributed by atoms with E-state index < -0.39 is 10.0 Å². The summed E-state index contributed by atoms with van der Waals surface area (Å²) in [6, 6.07) is 0. The van der Waals surface area contributed by atoms with Gasteiger partial charge in [0, 0.05) is 19.6 Å². The third kappa shape index (κ3) is 11.5. The molecule has 0 amide bonds. The van der Waals surface area contributed by atoms with Crippen molar-refractivity contribution in [2.75, 3.05) is 25.9 Å². The van der Waals surface area contributed by atoms with E-state index in [0.717, 1.165) is 12.8 Å². The summed E-state index contributed by atoms with van der Waals surface area (Å²) in [5.74, 6) is 0.527. The van der Waals surface area contributed by atoms with Crippen molar-refractivity contribution in [1.29, 1.82) is 0 Å². The van der Waals surface area contributed by atoms with Crippen LogP contribution < -0.4 is 15.4 Å². The van der Waals surface area contributed by atoms with E-state index in [1.165, 1.54) is 0 Å². The molecule has 0 aromatic heterocycles. The van der Waals surface area contributed by atoms with Gasteiger partial charge in [0.2, 0.25) is 10.0 Å². The van der Waals surface area contributed by atoms with Gasteiger partial charge in [0.15, 0.2) is 5.11 Å². The Balaban J connectivity index is 3.48. The number of rotatable bonds is 6. The summed E-state index contributed by atoms with van der Waals surface area (Å²) in [6.07, 6.45) is 1.13. The molecule has 0 aliphatic heterocycles. The van der Waals surface area contributed by atoms with Crippen molar-refractivity contribution in [2.45, 2.75) is 13.8 Å². The van der Waals surface area contributed by atoms with Gasteiger partial charge in [-0.3, -0.25) is 0 Å². The Bertz CT molecular complexity index is 288. The van der Waals surface area contributed by atoms with E-state index in [9.17, 15) is 8.42 Å². The van der Waals surface area contributed by atoms with Crippen molar-refractivity contribution in [1.82, 2.24) is 15.4 Å². The predicted octanol–water partition coefficient (Wildman–Crippen LogP) is -0.344. The lowest BCUT2D eigenvalue weighted by molar-refractivity contribution is 0.586. The minimum atomic E-state index is -3.10. The first-order valence-electron chi connectivity index (χ1n) is 4.77. The summed E-state index contributed by atoms with van der Waals surface area (Å²) in [4.78, 5) is 0. The van der Waals surface area contributed by atoms with Gasteiger partial charge in [-0.2, -0.15) is 0 Å². The molecule has 0 saturated heterocycles. The van der Waals surface area contributed by atoms with Gasteiger partial charge in [0.25, 0.3) is 0 Å². The zero-order valence-corrected chi connectivity index (χ0v) is 11.0. The van der Waals surface area contributed by atoms with Gasteiger partial charge in [-0.25, -0.2) is 13.1 Å². The number of nitrogens with one attached hydrogen (secondary N) is 3. The molecule has 0 bridgehead atoms. The molecule has 0 rings (SSSR count). The lowest BCUT2D eigenvalue weighted by Crippen LogP contribution is -2.41. The normalized spacial score (nSPS) is 11.5. The Hall–Kier alpha value is -0.400. The second-order valence-electron chi connectivity index (χ2n) is 3.70. The molecule has 0 aromatic rings. The Morgan fingerprint density at radius 3 is 2.33 bits per heavy atom. The highest BCUT2D eigenvalue weighted by atomic mass is 32.2. The van der Waals surface area contributed by atoms with Crippen LogP contribution in [0.2, 0.25) is 0 Å². The fraction of sp³-hybridized carbons (Fsp3) is 0.875. The number of thiocarbonyl (C=S) groups is 1. The molecule has 0 aromatic carbocycles. The van der Waals surface area contributed by atoms with E-state index in [1.807, 2.05) is 0 Å². The van der Waals surface area contributed by atoms with Crippen molar-refractivity contribution >= 4 is 27.4 Å². The lowest BCUT2D eigenvalue weighted by Gasteiger charge is -2.11. The number of hydrogen-bond donors (Lipinski definition) is 3. The Kier molecular flexibility index (Phi) is 6.78. The van der Waals surface area contributed by atoms with E-state index in [-0.39, 0.29) is 0 Å². The van der Waals surface area contributed by atoms with Gasteiger partial charge < -0.3 is 10.6 Å². The smallest absolute Gasteiger partial charge is 0.208 e. The molecule has 5 nitrogen and oxygen atoms in total. The monoisotopic (exact) mass is 253 g/mol. The molecule has 0 aliphatic carbocycles. The van der Waals surface area contributed by atoms with Crippen LogP contribution in [-0.4, -0.2) is 39.4 Å². The fourth-order valence-corrected chi connectivity index (χ4v) is 1.43. The molecule has 90 valence electrons. The quantitative estimate of drug-likeness (QED) is 0.446. The number of hydrogen-bond acceptors (Lipinski definition) is 3. The lowest BCUT2D eigenvalue weighted by atomic mass is 10.2. The highest BCUT2D eigenvalue weighted by Crippen LogP contribution is 1.86. The molecule has 0 heterocycles. The summed E-state index contributed by atoms with van der Waals surface area (Å²) in [6.45, 7) is 5.80. The molecule has 0 atom stereocenters. The predicted molar refractivity (Wildman–Crippen MR) is 66.3 cm³/mol. The molecular weight excluding hydrogens is 234 g/mol. The average molecular weight is 253 g/mol. The maximum absolute atomic E-state index is 10.7. The third-order valence-corrected chi connectivity index (χ3v) is 2.46. The summed E-state index contributed by atoms with van der Waals surface area (Å²) in [5, 5.41) is 6.48. The molecule has 3 N–H and O–H groups in total. The van der Waals surface area contributed by atoms with Crippen LogP contribution in [0.5, 0.6) is 0 Å². The molecule has 0 fully saturated rings. The largest absolute Gasteiger partial charge is 0.362 e. The van der Waals surface area contributed by atoms with Gasteiger partial charge >= 0.3 is 0 Å². The van der Waals surface area contributed by atoms with E-state index >= 15 is 0 Å².